The number of hydrogen-bond acceptors (Lipinski definition) is 7. The zero-order chi connectivity index (χ0) is 13.8. The zero-order valence-corrected chi connectivity index (χ0v) is 8.88. The van der Waals surface area contributed by atoms with Gasteiger partial charge < -0.3 is 28.0 Å². The lowest BCUT2D eigenvalue weighted by atomic mass is 9.79. The number of hydrogen-bond donors (Lipinski definition) is 5. The van der Waals surface area contributed by atoms with E-state index in [9.17, 15) is 24.3 Å². The van der Waals surface area contributed by atoms with Crippen LogP contribution in [0.4, 0.5) is 0 Å². The Morgan fingerprint density at radius 2 is 1.53 bits per heavy atom. The quantitative estimate of drug-likeness (QED) is 0.278. The third-order valence-electron chi connectivity index (χ3n) is 2.21. The normalized spacial score (nSPS) is 15.7. The summed E-state index contributed by atoms with van der Waals surface area (Å²) in [4.78, 5) is 44.8. The fourth-order valence-corrected chi connectivity index (χ4v) is 1.31. The molecule has 0 aliphatic heterocycles. The number of rotatable bonds is 7. The van der Waals surface area contributed by atoms with Crippen molar-refractivity contribution in [2.45, 2.75) is 5.60 Å². The summed E-state index contributed by atoms with van der Waals surface area (Å²) in [6.45, 7) is -1.48. The van der Waals surface area contributed by atoms with Crippen molar-refractivity contribution in [3.8, 4) is 0 Å². The Bertz CT molecular complexity index is 369. The monoisotopic (exact) mass is 246 g/mol. The lowest BCUT2D eigenvalue weighted by molar-refractivity contribution is -0.163. The van der Waals surface area contributed by atoms with E-state index < -0.39 is 48.0 Å². The summed E-state index contributed by atoms with van der Waals surface area (Å²) < 4.78 is 0. The maximum Gasteiger partial charge on any atom is 0.258 e. The molecule has 0 radical (unpaired) electrons. The van der Waals surface area contributed by atoms with Crippen LogP contribution >= 0.6 is 0 Å². The van der Waals surface area contributed by atoms with Crippen molar-refractivity contribution in [2.75, 3.05) is 13.1 Å². The topological polar surface area (TPSA) is 193 Å². The largest absolute Gasteiger partial charge is 0.372 e. The summed E-state index contributed by atoms with van der Waals surface area (Å²) in [6.07, 6.45) is 0. The lowest BCUT2D eigenvalue weighted by Crippen LogP contribution is -2.64. The number of nitrogens with two attached hydrogens (primary N) is 4. The van der Waals surface area contributed by atoms with Crippen LogP contribution in [-0.2, 0) is 19.2 Å². The molecule has 0 saturated heterocycles. The van der Waals surface area contributed by atoms with Crippen LogP contribution in [0.25, 0.3) is 0 Å². The number of carbonyl (C=O) groups is 4. The molecule has 0 aromatic heterocycles. The third kappa shape index (κ3) is 2.64. The van der Waals surface area contributed by atoms with Crippen LogP contribution < -0.4 is 22.9 Å². The Kier molecular flexibility index (Phi) is 4.88. The number of primary amides is 2. The Hall–Kier alpha value is -1.84. The van der Waals surface area contributed by atoms with Gasteiger partial charge in [0.1, 0.15) is 5.92 Å². The smallest absolute Gasteiger partial charge is 0.258 e. The van der Waals surface area contributed by atoms with E-state index in [0.29, 0.717) is 0 Å². The molecule has 0 aliphatic rings. The van der Waals surface area contributed by atoms with Gasteiger partial charge in [-0.15, -0.1) is 0 Å². The van der Waals surface area contributed by atoms with Gasteiger partial charge in [-0.3, -0.25) is 19.2 Å². The van der Waals surface area contributed by atoms with Crippen molar-refractivity contribution in [3.05, 3.63) is 0 Å². The van der Waals surface area contributed by atoms with Crippen molar-refractivity contribution in [1.29, 1.82) is 0 Å². The van der Waals surface area contributed by atoms with Gasteiger partial charge in [-0.2, -0.15) is 0 Å². The molecule has 0 aromatic rings. The van der Waals surface area contributed by atoms with Crippen molar-refractivity contribution >= 4 is 23.4 Å². The minimum atomic E-state index is -3.06. The van der Waals surface area contributed by atoms with Crippen LogP contribution in [0, 0.1) is 5.92 Å². The Balaban J connectivity index is 5.71. The predicted molar refractivity (Wildman–Crippen MR) is 55.0 cm³/mol. The molecule has 9 N–H and O–H groups in total. The summed E-state index contributed by atoms with van der Waals surface area (Å²) in [6, 6.07) is 0. The first-order chi connectivity index (χ1) is 7.73. The molecular formula is C8H14N4O5. The molecule has 96 valence electrons. The molecular weight excluding hydrogens is 232 g/mol. The zero-order valence-electron chi connectivity index (χ0n) is 8.88. The van der Waals surface area contributed by atoms with E-state index in [1.165, 1.54) is 0 Å². The van der Waals surface area contributed by atoms with Crippen molar-refractivity contribution < 1.29 is 24.3 Å². The van der Waals surface area contributed by atoms with E-state index in [0.717, 1.165) is 0 Å². The van der Waals surface area contributed by atoms with E-state index in [2.05, 4.69) is 0 Å². The molecule has 0 aromatic carbocycles. The van der Waals surface area contributed by atoms with Crippen LogP contribution in [0.3, 0.4) is 0 Å². The van der Waals surface area contributed by atoms with Gasteiger partial charge in [0.05, 0.1) is 13.1 Å². The van der Waals surface area contributed by atoms with Crippen molar-refractivity contribution in [3.63, 3.8) is 0 Å². The highest BCUT2D eigenvalue weighted by Gasteiger charge is 2.54. The summed E-state index contributed by atoms with van der Waals surface area (Å²) in [5.41, 5.74) is 16.6. The SMILES string of the molecule is NCC(=O)C(C(N)=O)C(O)(C(N)=O)C(=O)CN. The van der Waals surface area contributed by atoms with Crippen LogP contribution in [-0.4, -0.2) is 47.2 Å². The maximum atomic E-state index is 11.4. The number of Topliss-reactive ketones (excluding diaryl/α,β-unsaturated/α-hetero) is 2. The molecule has 9 nitrogen and oxygen atoms in total. The Morgan fingerprint density at radius 1 is 1.06 bits per heavy atom. The van der Waals surface area contributed by atoms with E-state index in [4.69, 9.17) is 22.9 Å². The average Bonchev–Trinajstić information content (AvgIpc) is 2.26. The molecule has 2 amide bonds. The van der Waals surface area contributed by atoms with Crippen molar-refractivity contribution in [1.82, 2.24) is 0 Å². The first-order valence-corrected chi connectivity index (χ1v) is 4.51. The van der Waals surface area contributed by atoms with Crippen molar-refractivity contribution in [2.24, 2.45) is 28.9 Å². The summed E-state index contributed by atoms with van der Waals surface area (Å²) in [7, 11) is 0. The lowest BCUT2D eigenvalue weighted by Gasteiger charge is -2.28. The van der Waals surface area contributed by atoms with Crippen LogP contribution in [0.1, 0.15) is 0 Å². The second-order valence-corrected chi connectivity index (χ2v) is 3.26. The summed E-state index contributed by atoms with van der Waals surface area (Å²) in [5, 5.41) is 9.81. The van der Waals surface area contributed by atoms with E-state index >= 15 is 0 Å². The fraction of sp³-hybridized carbons (Fsp3) is 0.500. The number of amides is 2. The Morgan fingerprint density at radius 3 is 1.76 bits per heavy atom. The van der Waals surface area contributed by atoms with Gasteiger partial charge in [0.2, 0.25) is 11.5 Å². The van der Waals surface area contributed by atoms with E-state index in [1.807, 2.05) is 0 Å². The molecule has 0 heterocycles. The highest BCUT2D eigenvalue weighted by molar-refractivity contribution is 6.19. The average molecular weight is 246 g/mol. The molecule has 0 fully saturated rings. The second kappa shape index (κ2) is 5.48. The fourth-order valence-electron chi connectivity index (χ4n) is 1.31. The van der Waals surface area contributed by atoms with Gasteiger partial charge in [-0.05, 0) is 0 Å². The van der Waals surface area contributed by atoms with Gasteiger partial charge in [-0.1, -0.05) is 0 Å². The van der Waals surface area contributed by atoms with Gasteiger partial charge in [0.25, 0.3) is 5.91 Å². The maximum absolute atomic E-state index is 11.4. The standard InChI is InChI=1S/C8H14N4O5/c9-1-3(13)5(6(11)15)8(17,7(12)16)4(14)2-10/h5,17H,1-2,9-10H2,(H2,11,15)(H2,12,16). The molecule has 0 saturated carbocycles. The number of ketones is 2. The van der Waals surface area contributed by atoms with Crippen LogP contribution in [0.5, 0.6) is 0 Å². The molecule has 0 spiro atoms. The van der Waals surface area contributed by atoms with Crippen LogP contribution in [0.15, 0.2) is 0 Å². The Labute approximate surface area is 96.1 Å². The molecule has 0 bridgehead atoms. The molecule has 2 unspecified atom stereocenters. The molecule has 17 heavy (non-hydrogen) atoms. The number of aliphatic hydroxyl groups is 1. The van der Waals surface area contributed by atoms with Gasteiger partial charge in [0.15, 0.2) is 11.6 Å². The molecule has 2 atom stereocenters. The highest BCUT2D eigenvalue weighted by atomic mass is 16.3. The molecule has 0 aliphatic carbocycles. The van der Waals surface area contributed by atoms with E-state index in [1.54, 1.807) is 0 Å². The summed E-state index contributed by atoms with van der Waals surface area (Å²) in [5.74, 6) is -7.47. The number of carbonyl (C=O) groups excluding carboxylic acids is 4. The minimum Gasteiger partial charge on any atom is -0.372 e. The van der Waals surface area contributed by atoms with Gasteiger partial charge >= 0.3 is 0 Å². The van der Waals surface area contributed by atoms with E-state index in [-0.39, 0.29) is 0 Å². The van der Waals surface area contributed by atoms with Gasteiger partial charge in [0, 0.05) is 0 Å². The highest BCUT2D eigenvalue weighted by Crippen LogP contribution is 2.19. The minimum absolute atomic E-state index is 0.693. The first kappa shape index (κ1) is 15.2. The molecule has 0 rings (SSSR count). The predicted octanol–water partition coefficient (Wildman–Crippen LogP) is -4.64. The first-order valence-electron chi connectivity index (χ1n) is 4.51. The molecule has 9 heteroatoms. The summed E-state index contributed by atoms with van der Waals surface area (Å²) >= 11 is 0. The van der Waals surface area contributed by atoms with Crippen LogP contribution in [0.2, 0.25) is 0 Å². The second-order valence-electron chi connectivity index (χ2n) is 3.26. The van der Waals surface area contributed by atoms with Gasteiger partial charge in [-0.25, -0.2) is 0 Å². The third-order valence-corrected chi connectivity index (χ3v) is 2.21.